The summed E-state index contributed by atoms with van der Waals surface area (Å²) in [6, 6.07) is 17.8. The molecule has 0 atom stereocenters. The van der Waals surface area contributed by atoms with E-state index in [0.29, 0.717) is 48.4 Å². The number of ether oxygens (including phenoxy) is 4. The van der Waals surface area contributed by atoms with E-state index in [9.17, 15) is 4.79 Å². The molecule has 3 aromatic carbocycles. The minimum absolute atomic E-state index is 0.0729. The zero-order chi connectivity index (χ0) is 25.4. The number of hydrogen-bond donors (Lipinski definition) is 0. The van der Waals surface area contributed by atoms with Gasteiger partial charge in [-0.05, 0) is 52.4 Å². The number of fused-ring (bicyclic) bond motifs is 3. The number of methoxy groups -OCH3 is 2. The van der Waals surface area contributed by atoms with Gasteiger partial charge in [-0.15, -0.1) is 0 Å². The molecule has 0 aliphatic carbocycles. The highest BCUT2D eigenvalue weighted by atomic mass is 16.5. The van der Waals surface area contributed by atoms with Crippen molar-refractivity contribution in [3.8, 4) is 23.0 Å². The van der Waals surface area contributed by atoms with E-state index >= 15 is 0 Å². The second-order valence-corrected chi connectivity index (χ2v) is 10.2. The number of Topliss-reactive ketones (excluding diaryl/α,β-unsaturated/α-hetero) is 1. The molecule has 0 saturated carbocycles. The number of benzene rings is 3. The number of carbonyl (C=O) groups is 1. The molecule has 2 heterocycles. The molecule has 0 N–H and O–H groups in total. The summed E-state index contributed by atoms with van der Waals surface area (Å²) in [5.74, 6) is 2.95. The number of carbonyl (C=O) groups excluding carboxylic acids is 1. The molecular weight excluding hydrogens is 454 g/mol. The molecule has 0 fully saturated rings. The van der Waals surface area contributed by atoms with Gasteiger partial charge in [0.05, 0.1) is 25.3 Å². The van der Waals surface area contributed by atoms with Gasteiger partial charge in [0.2, 0.25) is 5.78 Å². The molecule has 2 aliphatic heterocycles. The van der Waals surface area contributed by atoms with Gasteiger partial charge >= 0.3 is 0 Å². The van der Waals surface area contributed by atoms with Gasteiger partial charge in [0, 0.05) is 13.1 Å². The maximum absolute atomic E-state index is 13.1. The van der Waals surface area contributed by atoms with Gasteiger partial charge < -0.3 is 18.9 Å². The summed E-state index contributed by atoms with van der Waals surface area (Å²) in [6.07, 6.45) is 1.81. The number of nitrogens with zero attached hydrogens (tertiary/aromatic N) is 1. The van der Waals surface area contributed by atoms with Crippen molar-refractivity contribution >= 4 is 11.9 Å². The molecule has 5 rings (SSSR count). The Kier molecular flexibility index (Phi) is 6.22. The van der Waals surface area contributed by atoms with Crippen LogP contribution in [-0.2, 0) is 18.5 Å². The number of allylic oxidation sites excluding steroid dienone is 1. The normalized spacial score (nSPS) is 16.2. The third kappa shape index (κ3) is 4.56. The number of rotatable bonds is 5. The van der Waals surface area contributed by atoms with Crippen LogP contribution in [0, 0.1) is 0 Å². The van der Waals surface area contributed by atoms with E-state index in [1.807, 2.05) is 42.5 Å². The quantitative estimate of drug-likeness (QED) is 0.415. The van der Waals surface area contributed by atoms with Gasteiger partial charge in [-0.2, -0.15) is 0 Å². The molecule has 0 saturated heterocycles. The summed E-state index contributed by atoms with van der Waals surface area (Å²) >= 11 is 0. The Morgan fingerprint density at radius 2 is 1.72 bits per heavy atom. The maximum atomic E-state index is 13.1. The molecule has 36 heavy (non-hydrogen) atoms. The Hall–Kier alpha value is -3.77. The molecule has 6 heteroatoms. The molecule has 0 aromatic heterocycles. The first-order chi connectivity index (χ1) is 17.3. The largest absolute Gasteiger partial charge is 0.493 e. The monoisotopic (exact) mass is 485 g/mol. The van der Waals surface area contributed by atoms with Crippen molar-refractivity contribution < 1.29 is 23.7 Å². The lowest BCUT2D eigenvalue weighted by Gasteiger charge is -2.29. The van der Waals surface area contributed by atoms with Crippen LogP contribution in [0.1, 0.15) is 53.4 Å². The fraction of sp³-hybridized carbons (Fsp3) is 0.300. The molecule has 0 amide bonds. The van der Waals surface area contributed by atoms with E-state index in [2.05, 4.69) is 37.8 Å². The predicted molar refractivity (Wildman–Crippen MR) is 139 cm³/mol. The van der Waals surface area contributed by atoms with Crippen molar-refractivity contribution in [2.75, 3.05) is 21.0 Å². The zero-order valence-corrected chi connectivity index (χ0v) is 21.4. The van der Waals surface area contributed by atoms with E-state index in [1.165, 1.54) is 5.56 Å². The zero-order valence-electron chi connectivity index (χ0n) is 21.4. The van der Waals surface area contributed by atoms with Crippen LogP contribution in [0.4, 0.5) is 0 Å². The number of ketones is 1. The average molecular weight is 486 g/mol. The Morgan fingerprint density at radius 3 is 2.42 bits per heavy atom. The third-order valence-electron chi connectivity index (χ3n) is 6.61. The van der Waals surface area contributed by atoms with Gasteiger partial charge in [-0.25, -0.2) is 0 Å². The molecular formula is C30H31NO5. The first kappa shape index (κ1) is 23.9. The molecule has 3 aromatic rings. The highest BCUT2D eigenvalue weighted by molar-refractivity contribution is 6.15. The summed E-state index contributed by atoms with van der Waals surface area (Å²) in [5.41, 5.74) is 4.78. The van der Waals surface area contributed by atoms with Crippen molar-refractivity contribution in [2.24, 2.45) is 0 Å². The maximum Gasteiger partial charge on any atom is 0.231 e. The Bertz CT molecular complexity index is 1330. The van der Waals surface area contributed by atoms with Crippen LogP contribution in [0.5, 0.6) is 23.0 Å². The van der Waals surface area contributed by atoms with Crippen LogP contribution in [-0.4, -0.2) is 31.6 Å². The van der Waals surface area contributed by atoms with Gasteiger partial charge in [0.25, 0.3) is 0 Å². The van der Waals surface area contributed by atoms with Crippen LogP contribution < -0.4 is 18.9 Å². The number of hydrogen-bond acceptors (Lipinski definition) is 6. The first-order valence-electron chi connectivity index (χ1n) is 12.0. The highest BCUT2D eigenvalue weighted by Crippen LogP contribution is 2.42. The standard InChI is InChI=1S/C30H31NO5/c1-30(2,3)21-9-6-19(7-10-21)14-27-28(32)22-11-13-24-23(29(22)36-27)17-31(18-35-24)16-20-8-12-25(33-4)26(15-20)34-5/h6-15H,16-18H2,1-5H3/b27-14-. The molecule has 186 valence electrons. The minimum Gasteiger partial charge on any atom is -0.493 e. The Labute approximate surface area is 212 Å². The van der Waals surface area contributed by atoms with E-state index in [0.717, 1.165) is 22.4 Å². The minimum atomic E-state index is -0.107. The molecule has 0 bridgehead atoms. The lowest BCUT2D eigenvalue weighted by atomic mass is 9.86. The highest BCUT2D eigenvalue weighted by Gasteiger charge is 2.33. The van der Waals surface area contributed by atoms with Crippen molar-refractivity contribution in [3.63, 3.8) is 0 Å². The van der Waals surface area contributed by atoms with Crippen LogP contribution in [0.3, 0.4) is 0 Å². The van der Waals surface area contributed by atoms with Crippen LogP contribution in [0.2, 0.25) is 0 Å². The lowest BCUT2D eigenvalue weighted by molar-refractivity contribution is 0.0872. The SMILES string of the molecule is COc1ccc(CN2COc3ccc4c(c3C2)O/C(=C\c2ccc(C(C)(C)C)cc2)C4=O)cc1OC. The van der Waals surface area contributed by atoms with Crippen molar-refractivity contribution in [1.29, 1.82) is 0 Å². The first-order valence-corrected chi connectivity index (χ1v) is 12.0. The van der Waals surface area contributed by atoms with Crippen molar-refractivity contribution in [2.45, 2.75) is 39.3 Å². The average Bonchev–Trinajstić information content (AvgIpc) is 3.19. The summed E-state index contributed by atoms with van der Waals surface area (Å²) in [7, 11) is 3.25. The fourth-order valence-electron chi connectivity index (χ4n) is 4.57. The van der Waals surface area contributed by atoms with Gasteiger partial charge in [-0.1, -0.05) is 51.1 Å². The van der Waals surface area contributed by atoms with Crippen LogP contribution in [0.15, 0.2) is 60.4 Å². The van der Waals surface area contributed by atoms with E-state index in [1.54, 1.807) is 20.3 Å². The second-order valence-electron chi connectivity index (χ2n) is 10.2. The topological polar surface area (TPSA) is 57.2 Å². The van der Waals surface area contributed by atoms with Crippen LogP contribution >= 0.6 is 0 Å². The summed E-state index contributed by atoms with van der Waals surface area (Å²) in [6.45, 7) is 8.24. The Morgan fingerprint density at radius 1 is 0.972 bits per heavy atom. The van der Waals surface area contributed by atoms with E-state index in [4.69, 9.17) is 18.9 Å². The lowest BCUT2D eigenvalue weighted by Crippen LogP contribution is -2.31. The molecule has 0 unspecified atom stereocenters. The fourth-order valence-corrected chi connectivity index (χ4v) is 4.57. The molecule has 0 radical (unpaired) electrons. The van der Waals surface area contributed by atoms with Gasteiger partial charge in [-0.3, -0.25) is 9.69 Å². The van der Waals surface area contributed by atoms with Crippen molar-refractivity contribution in [1.82, 2.24) is 4.90 Å². The summed E-state index contributed by atoms with van der Waals surface area (Å²) in [5, 5.41) is 0. The Balaban J connectivity index is 1.37. The van der Waals surface area contributed by atoms with E-state index < -0.39 is 0 Å². The van der Waals surface area contributed by atoms with E-state index in [-0.39, 0.29) is 11.2 Å². The van der Waals surface area contributed by atoms with Crippen molar-refractivity contribution in [3.05, 3.63) is 88.2 Å². The smallest absolute Gasteiger partial charge is 0.231 e. The van der Waals surface area contributed by atoms with Gasteiger partial charge in [0.1, 0.15) is 18.2 Å². The summed E-state index contributed by atoms with van der Waals surface area (Å²) in [4.78, 5) is 15.3. The third-order valence-corrected chi connectivity index (χ3v) is 6.61. The molecule has 0 spiro atoms. The molecule has 6 nitrogen and oxygen atoms in total. The molecule has 2 aliphatic rings. The van der Waals surface area contributed by atoms with Gasteiger partial charge in [0.15, 0.2) is 17.3 Å². The second kappa shape index (κ2) is 9.36. The predicted octanol–water partition coefficient (Wildman–Crippen LogP) is 5.97. The summed E-state index contributed by atoms with van der Waals surface area (Å²) < 4.78 is 23.0. The van der Waals surface area contributed by atoms with Crippen LogP contribution in [0.25, 0.3) is 6.08 Å².